The Morgan fingerprint density at radius 2 is 0.859 bits per heavy atom. The Morgan fingerprint density at radius 3 is 1.55 bits per heavy atom. The maximum Gasteiger partial charge on any atom is 0.0795 e. The smallest absolute Gasteiger partial charge is 0.0795 e. The molecule has 13 aromatic rings. The zero-order valence-corrected chi connectivity index (χ0v) is 35.0. The van der Waals surface area contributed by atoms with Gasteiger partial charge < -0.3 is 4.57 Å². The molecule has 0 N–H and O–H groups in total. The minimum absolute atomic E-state index is 0.848. The van der Waals surface area contributed by atoms with E-state index in [1.54, 1.807) is 0 Å². The zero-order valence-electron chi connectivity index (χ0n) is 35.0. The standard InChI is InChI=1S/C60H38N4/c1-37-21-23-39(24-22-37)42-25-27-47-45-17-5-6-18-46(45)51-35-54-53-32-43(38-11-3-2-4-12-38)26-28-57(53)64(58(54)36-52(51)50(47)31-42)44-33-55(48-19-7-13-40-15-9-29-61-59(40)48)63-56(34-44)49-20-8-14-41-16-10-30-62-60(41)49/h2-36H,1H3. The van der Waals surface area contributed by atoms with Crippen LogP contribution < -0.4 is 0 Å². The number of hydrogen-bond acceptors (Lipinski definition) is 3. The lowest BCUT2D eigenvalue weighted by Crippen LogP contribution is -1.99. The number of para-hydroxylation sites is 2. The van der Waals surface area contributed by atoms with Crippen LogP contribution in [0.15, 0.2) is 213 Å². The number of aryl methyl sites for hydroxylation is 1. The number of benzene rings is 9. The predicted octanol–water partition coefficient (Wildman–Crippen LogP) is 15.7. The highest BCUT2D eigenvalue weighted by molar-refractivity contribution is 6.29. The van der Waals surface area contributed by atoms with Gasteiger partial charge in [0.05, 0.1) is 39.1 Å². The van der Waals surface area contributed by atoms with Gasteiger partial charge in [0.25, 0.3) is 0 Å². The third kappa shape index (κ3) is 5.73. The number of aromatic nitrogens is 4. The SMILES string of the molecule is Cc1ccc(-c2ccc3c4ccccc4c4cc5c6cc(-c7ccccc7)ccc6n(-c6cc(-c7cccc8cccnc78)nc(-c7cccc8cccnc78)c6)c5cc4c3c2)cc1. The molecule has 4 heterocycles. The first-order chi connectivity index (χ1) is 31.6. The summed E-state index contributed by atoms with van der Waals surface area (Å²) in [6.45, 7) is 2.14. The third-order valence-electron chi connectivity index (χ3n) is 13.1. The van der Waals surface area contributed by atoms with Crippen LogP contribution >= 0.6 is 0 Å². The number of fused-ring (bicyclic) bond motifs is 11. The zero-order chi connectivity index (χ0) is 42.3. The number of rotatable bonds is 5. The van der Waals surface area contributed by atoms with Crippen molar-refractivity contribution in [3.63, 3.8) is 0 Å². The molecule has 0 saturated heterocycles. The molecule has 0 unspecified atom stereocenters. The Morgan fingerprint density at radius 1 is 0.344 bits per heavy atom. The molecule has 0 saturated carbocycles. The minimum atomic E-state index is 0.848. The molecule has 298 valence electrons. The van der Waals surface area contributed by atoms with E-state index in [0.29, 0.717) is 0 Å². The quantitative estimate of drug-likeness (QED) is 0.163. The molecule has 0 fully saturated rings. The van der Waals surface area contributed by atoms with Crippen LogP contribution in [0, 0.1) is 6.92 Å². The van der Waals surface area contributed by atoms with Crippen LogP contribution in [0.25, 0.3) is 126 Å². The molecule has 0 aliphatic carbocycles. The summed E-state index contributed by atoms with van der Waals surface area (Å²) in [5.41, 5.74) is 14.8. The van der Waals surface area contributed by atoms with Crippen LogP contribution in [-0.2, 0) is 0 Å². The van der Waals surface area contributed by atoms with Gasteiger partial charge in [-0.2, -0.15) is 0 Å². The largest absolute Gasteiger partial charge is 0.309 e. The molecular weight excluding hydrogens is 777 g/mol. The Balaban J connectivity index is 1.17. The van der Waals surface area contributed by atoms with E-state index in [4.69, 9.17) is 15.0 Å². The summed E-state index contributed by atoms with van der Waals surface area (Å²) < 4.78 is 2.45. The van der Waals surface area contributed by atoms with Gasteiger partial charge >= 0.3 is 0 Å². The van der Waals surface area contributed by atoms with Gasteiger partial charge in [-0.05, 0) is 116 Å². The molecule has 4 nitrogen and oxygen atoms in total. The molecule has 0 radical (unpaired) electrons. The summed E-state index contributed by atoms with van der Waals surface area (Å²) in [5, 5.41) is 12.0. The second-order valence-electron chi connectivity index (χ2n) is 16.9. The molecule has 4 heteroatoms. The lowest BCUT2D eigenvalue weighted by atomic mass is 9.91. The fraction of sp³-hybridized carbons (Fsp3) is 0.0167. The summed E-state index contributed by atoms with van der Waals surface area (Å²) >= 11 is 0. The van der Waals surface area contributed by atoms with Crippen molar-refractivity contribution in [2.75, 3.05) is 0 Å². The van der Waals surface area contributed by atoms with E-state index >= 15 is 0 Å². The molecule has 0 atom stereocenters. The Hall–Kier alpha value is -8.47. The minimum Gasteiger partial charge on any atom is -0.309 e. The summed E-state index contributed by atoms with van der Waals surface area (Å²) in [4.78, 5) is 15.3. The fourth-order valence-corrected chi connectivity index (χ4v) is 10.0. The molecule has 0 aliphatic heterocycles. The van der Waals surface area contributed by atoms with E-state index in [2.05, 4.69) is 200 Å². The molecule has 64 heavy (non-hydrogen) atoms. The van der Waals surface area contributed by atoms with Gasteiger partial charge in [0.1, 0.15) is 0 Å². The molecule has 9 aromatic carbocycles. The van der Waals surface area contributed by atoms with Gasteiger partial charge in [-0.1, -0.05) is 151 Å². The van der Waals surface area contributed by atoms with E-state index in [-0.39, 0.29) is 0 Å². The monoisotopic (exact) mass is 814 g/mol. The molecule has 0 aliphatic rings. The van der Waals surface area contributed by atoms with Crippen molar-refractivity contribution in [2.24, 2.45) is 0 Å². The summed E-state index contributed by atoms with van der Waals surface area (Å²) in [6.07, 6.45) is 3.73. The summed E-state index contributed by atoms with van der Waals surface area (Å²) in [6, 6.07) is 72.7. The predicted molar refractivity (Wildman–Crippen MR) is 268 cm³/mol. The van der Waals surface area contributed by atoms with E-state index in [0.717, 1.165) is 61.0 Å². The van der Waals surface area contributed by atoms with Gasteiger partial charge in [0, 0.05) is 45.1 Å². The first kappa shape index (κ1) is 36.2. The highest BCUT2D eigenvalue weighted by Gasteiger charge is 2.21. The first-order valence-electron chi connectivity index (χ1n) is 21.8. The second kappa shape index (κ2) is 14.3. The molecule has 13 rings (SSSR count). The van der Waals surface area contributed by atoms with Crippen LogP contribution in [0.4, 0.5) is 0 Å². The van der Waals surface area contributed by atoms with E-state index in [9.17, 15) is 0 Å². The molecule has 4 aromatic heterocycles. The maximum absolute atomic E-state index is 5.47. The Bertz CT molecular complexity index is 3910. The fourth-order valence-electron chi connectivity index (χ4n) is 10.0. The van der Waals surface area contributed by atoms with Gasteiger partial charge in [0.15, 0.2) is 0 Å². The molecular formula is C60H38N4. The topological polar surface area (TPSA) is 43.6 Å². The lowest BCUT2D eigenvalue weighted by Gasteiger charge is -2.16. The summed E-state index contributed by atoms with van der Waals surface area (Å²) in [5.74, 6) is 0. The van der Waals surface area contributed by atoms with Crippen LogP contribution in [0.5, 0.6) is 0 Å². The van der Waals surface area contributed by atoms with Gasteiger partial charge in [0.2, 0.25) is 0 Å². The number of nitrogens with zero attached hydrogens (tertiary/aromatic N) is 4. The average molecular weight is 815 g/mol. The third-order valence-corrected chi connectivity index (χ3v) is 13.1. The highest BCUT2D eigenvalue weighted by atomic mass is 15.0. The van der Waals surface area contributed by atoms with Crippen molar-refractivity contribution < 1.29 is 0 Å². The lowest BCUT2D eigenvalue weighted by molar-refractivity contribution is 1.16. The van der Waals surface area contributed by atoms with Gasteiger partial charge in [-0.25, -0.2) is 4.98 Å². The Kier molecular flexibility index (Phi) is 8.09. The van der Waals surface area contributed by atoms with Crippen molar-refractivity contribution >= 4 is 75.9 Å². The Labute approximate surface area is 369 Å². The van der Waals surface area contributed by atoms with Crippen molar-refractivity contribution in [1.29, 1.82) is 0 Å². The highest BCUT2D eigenvalue weighted by Crippen LogP contribution is 2.44. The van der Waals surface area contributed by atoms with Crippen molar-refractivity contribution in [3.05, 3.63) is 218 Å². The van der Waals surface area contributed by atoms with Gasteiger partial charge in [-0.3, -0.25) is 9.97 Å². The van der Waals surface area contributed by atoms with E-state index in [1.165, 1.54) is 70.9 Å². The van der Waals surface area contributed by atoms with Crippen LogP contribution in [-0.4, -0.2) is 19.5 Å². The number of pyridine rings is 3. The van der Waals surface area contributed by atoms with Crippen LogP contribution in [0.2, 0.25) is 0 Å². The molecule has 0 spiro atoms. The van der Waals surface area contributed by atoms with E-state index in [1.807, 2.05) is 24.5 Å². The molecule has 0 bridgehead atoms. The van der Waals surface area contributed by atoms with E-state index < -0.39 is 0 Å². The first-order valence-corrected chi connectivity index (χ1v) is 21.8. The van der Waals surface area contributed by atoms with Gasteiger partial charge in [-0.15, -0.1) is 0 Å². The maximum atomic E-state index is 5.47. The second-order valence-corrected chi connectivity index (χ2v) is 16.9. The normalized spacial score (nSPS) is 11.8. The van der Waals surface area contributed by atoms with Crippen molar-refractivity contribution in [1.82, 2.24) is 19.5 Å². The van der Waals surface area contributed by atoms with Crippen molar-refractivity contribution in [3.8, 4) is 50.5 Å². The van der Waals surface area contributed by atoms with Crippen molar-refractivity contribution in [2.45, 2.75) is 6.92 Å². The number of hydrogen-bond donors (Lipinski definition) is 0. The molecule has 0 amide bonds. The average Bonchev–Trinajstić information content (AvgIpc) is 3.68. The summed E-state index contributed by atoms with van der Waals surface area (Å²) in [7, 11) is 0. The van der Waals surface area contributed by atoms with Crippen LogP contribution in [0.3, 0.4) is 0 Å². The van der Waals surface area contributed by atoms with Crippen LogP contribution in [0.1, 0.15) is 5.56 Å².